The molecule has 0 radical (unpaired) electrons. The van der Waals surface area contributed by atoms with Gasteiger partial charge in [-0.05, 0) is 12.1 Å². The van der Waals surface area contributed by atoms with Gasteiger partial charge in [-0.15, -0.1) is 0 Å². The minimum Gasteiger partial charge on any atom is -0.450 e. The topological polar surface area (TPSA) is 46.6 Å². The molecule has 130 valence electrons. The molecule has 3 heterocycles. The number of rotatable bonds is 3. The Hall–Kier alpha value is -2.92. The highest BCUT2D eigenvalue weighted by Crippen LogP contribution is 2.31. The Kier molecular flexibility index (Phi) is 3.79. The van der Waals surface area contributed by atoms with E-state index in [1.165, 1.54) is 5.56 Å². The third-order valence-electron chi connectivity index (χ3n) is 5.21. The van der Waals surface area contributed by atoms with Crippen molar-refractivity contribution in [3.63, 3.8) is 0 Å². The molecule has 1 fully saturated rings. The molecule has 0 aliphatic carbocycles. The Balaban J connectivity index is 1.38. The molecule has 5 rings (SSSR count). The summed E-state index contributed by atoms with van der Waals surface area (Å²) < 4.78 is 6.09. The lowest BCUT2D eigenvalue weighted by Gasteiger charge is -2.32. The molecule has 2 aromatic carbocycles. The molecular formula is C21H21N4O+. The molecule has 4 aromatic rings. The number of quaternary nitrogens is 1. The van der Waals surface area contributed by atoms with Gasteiger partial charge in [0.15, 0.2) is 11.4 Å². The summed E-state index contributed by atoms with van der Waals surface area (Å²) in [4.78, 5) is 13.0. The molecule has 5 heteroatoms. The van der Waals surface area contributed by atoms with Crippen molar-refractivity contribution in [3.05, 3.63) is 66.5 Å². The monoisotopic (exact) mass is 345 g/mol. The summed E-state index contributed by atoms with van der Waals surface area (Å²) in [6.07, 6.45) is 1.66. The van der Waals surface area contributed by atoms with Crippen LogP contribution >= 0.6 is 0 Å². The Bertz CT molecular complexity index is 1040. The zero-order valence-corrected chi connectivity index (χ0v) is 14.6. The van der Waals surface area contributed by atoms with Gasteiger partial charge in [-0.2, -0.15) is 0 Å². The van der Waals surface area contributed by atoms with Crippen molar-refractivity contribution in [1.82, 2.24) is 9.97 Å². The van der Waals surface area contributed by atoms with Crippen LogP contribution in [0.3, 0.4) is 0 Å². The molecule has 26 heavy (non-hydrogen) atoms. The standard InChI is InChI=1S/C21H20N4O/c1-2-6-16(7-3-1)14-24-10-12-25(13-11-24)21-20-19(22-15-23-21)17-8-4-5-9-18(17)26-20/h1-9,15H,10-14H2/p+1. The Labute approximate surface area is 151 Å². The van der Waals surface area contributed by atoms with E-state index in [0.717, 1.165) is 60.6 Å². The summed E-state index contributed by atoms with van der Waals surface area (Å²) in [5.41, 5.74) is 3.99. The maximum atomic E-state index is 6.09. The van der Waals surface area contributed by atoms with Gasteiger partial charge in [0, 0.05) is 10.9 Å². The number of para-hydroxylation sites is 1. The van der Waals surface area contributed by atoms with Crippen LogP contribution in [0.15, 0.2) is 65.3 Å². The van der Waals surface area contributed by atoms with E-state index < -0.39 is 0 Å². The highest BCUT2D eigenvalue weighted by molar-refractivity contribution is 6.05. The van der Waals surface area contributed by atoms with E-state index in [4.69, 9.17) is 4.42 Å². The lowest BCUT2D eigenvalue weighted by atomic mass is 10.2. The lowest BCUT2D eigenvalue weighted by Crippen LogP contribution is -3.13. The summed E-state index contributed by atoms with van der Waals surface area (Å²) >= 11 is 0. The molecule has 1 aliphatic heterocycles. The van der Waals surface area contributed by atoms with Crippen molar-refractivity contribution in [3.8, 4) is 0 Å². The fraction of sp³-hybridized carbons (Fsp3) is 0.238. The van der Waals surface area contributed by atoms with Crippen LogP contribution in [0.4, 0.5) is 5.82 Å². The molecule has 0 unspecified atom stereocenters. The van der Waals surface area contributed by atoms with Crippen molar-refractivity contribution in [2.45, 2.75) is 6.54 Å². The van der Waals surface area contributed by atoms with Crippen LogP contribution in [0.1, 0.15) is 5.56 Å². The minimum absolute atomic E-state index is 0.806. The normalized spacial score (nSPS) is 15.8. The van der Waals surface area contributed by atoms with E-state index in [2.05, 4.69) is 51.3 Å². The molecule has 0 atom stereocenters. The van der Waals surface area contributed by atoms with Crippen molar-refractivity contribution >= 4 is 27.9 Å². The number of nitrogens with one attached hydrogen (secondary N) is 1. The summed E-state index contributed by atoms with van der Waals surface area (Å²) in [6, 6.07) is 18.8. The quantitative estimate of drug-likeness (QED) is 0.619. The van der Waals surface area contributed by atoms with Crippen LogP contribution in [-0.2, 0) is 6.54 Å². The molecule has 5 nitrogen and oxygen atoms in total. The van der Waals surface area contributed by atoms with E-state index in [-0.39, 0.29) is 0 Å². The number of hydrogen-bond acceptors (Lipinski definition) is 4. The SMILES string of the molecule is c1ccc(C[NH+]2CCN(c3ncnc4c3oc3ccccc34)CC2)cc1. The van der Waals surface area contributed by atoms with Gasteiger partial charge in [0.05, 0.1) is 26.2 Å². The van der Waals surface area contributed by atoms with E-state index >= 15 is 0 Å². The van der Waals surface area contributed by atoms with Crippen LogP contribution < -0.4 is 9.80 Å². The summed E-state index contributed by atoms with van der Waals surface area (Å²) in [5, 5.41) is 1.06. The third kappa shape index (κ3) is 2.70. The average molecular weight is 345 g/mol. The van der Waals surface area contributed by atoms with Gasteiger partial charge in [0.2, 0.25) is 0 Å². The minimum atomic E-state index is 0.806. The van der Waals surface area contributed by atoms with Crippen molar-refractivity contribution in [1.29, 1.82) is 0 Å². The number of anilines is 1. The molecule has 0 amide bonds. The largest absolute Gasteiger partial charge is 0.450 e. The van der Waals surface area contributed by atoms with Crippen LogP contribution in [-0.4, -0.2) is 36.1 Å². The number of hydrogen-bond donors (Lipinski definition) is 1. The van der Waals surface area contributed by atoms with Gasteiger partial charge in [0.25, 0.3) is 0 Å². The Morgan fingerprint density at radius 2 is 1.69 bits per heavy atom. The fourth-order valence-electron chi connectivity index (χ4n) is 3.83. The number of piperazine rings is 1. The van der Waals surface area contributed by atoms with Crippen molar-refractivity contribution in [2.75, 3.05) is 31.1 Å². The Morgan fingerprint density at radius 1 is 0.923 bits per heavy atom. The van der Waals surface area contributed by atoms with E-state index in [1.807, 2.05) is 18.2 Å². The van der Waals surface area contributed by atoms with Crippen LogP contribution in [0.5, 0.6) is 0 Å². The predicted molar refractivity (Wildman–Crippen MR) is 102 cm³/mol. The number of aromatic nitrogens is 2. The first-order valence-corrected chi connectivity index (χ1v) is 9.13. The molecule has 1 saturated heterocycles. The van der Waals surface area contributed by atoms with Gasteiger partial charge in [0.1, 0.15) is 24.0 Å². The van der Waals surface area contributed by atoms with E-state index in [0.29, 0.717) is 0 Å². The second kappa shape index (κ2) is 6.42. The second-order valence-electron chi connectivity index (χ2n) is 6.87. The van der Waals surface area contributed by atoms with Crippen LogP contribution in [0.25, 0.3) is 22.1 Å². The second-order valence-corrected chi connectivity index (χ2v) is 6.87. The van der Waals surface area contributed by atoms with Gasteiger partial charge in [-0.1, -0.05) is 42.5 Å². The Morgan fingerprint density at radius 3 is 2.54 bits per heavy atom. The van der Waals surface area contributed by atoms with Crippen molar-refractivity contribution in [2.24, 2.45) is 0 Å². The highest BCUT2D eigenvalue weighted by atomic mass is 16.3. The van der Waals surface area contributed by atoms with E-state index in [9.17, 15) is 0 Å². The van der Waals surface area contributed by atoms with Crippen LogP contribution in [0, 0.1) is 0 Å². The van der Waals surface area contributed by atoms with Gasteiger partial charge in [-0.25, -0.2) is 9.97 Å². The first-order valence-electron chi connectivity index (χ1n) is 9.13. The smallest absolute Gasteiger partial charge is 0.196 e. The first-order chi connectivity index (χ1) is 12.9. The molecule has 0 saturated carbocycles. The fourth-order valence-corrected chi connectivity index (χ4v) is 3.83. The zero-order chi connectivity index (χ0) is 17.3. The van der Waals surface area contributed by atoms with Gasteiger partial charge in [-0.3, -0.25) is 0 Å². The van der Waals surface area contributed by atoms with E-state index in [1.54, 1.807) is 11.2 Å². The van der Waals surface area contributed by atoms with Crippen LogP contribution in [0.2, 0.25) is 0 Å². The lowest BCUT2D eigenvalue weighted by molar-refractivity contribution is -0.914. The van der Waals surface area contributed by atoms with Gasteiger partial charge >= 0.3 is 0 Å². The molecule has 0 bridgehead atoms. The summed E-state index contributed by atoms with van der Waals surface area (Å²) in [6.45, 7) is 5.23. The number of nitrogens with zero attached hydrogens (tertiary/aromatic N) is 3. The molecular weight excluding hydrogens is 324 g/mol. The highest BCUT2D eigenvalue weighted by Gasteiger charge is 2.24. The number of furan rings is 1. The maximum Gasteiger partial charge on any atom is 0.196 e. The number of fused-ring (bicyclic) bond motifs is 3. The van der Waals surface area contributed by atoms with Gasteiger partial charge < -0.3 is 14.2 Å². The molecule has 1 N–H and O–H groups in total. The zero-order valence-electron chi connectivity index (χ0n) is 14.6. The first kappa shape index (κ1) is 15.3. The number of benzene rings is 2. The van der Waals surface area contributed by atoms with Crippen molar-refractivity contribution < 1.29 is 9.32 Å². The average Bonchev–Trinajstić information content (AvgIpc) is 3.08. The third-order valence-corrected chi connectivity index (χ3v) is 5.21. The molecule has 0 spiro atoms. The predicted octanol–water partition coefficient (Wildman–Crippen LogP) is 2.28. The summed E-state index contributed by atoms with van der Waals surface area (Å²) in [5.74, 6) is 0.921. The molecule has 1 aliphatic rings. The maximum absolute atomic E-state index is 6.09. The molecule has 2 aromatic heterocycles. The summed E-state index contributed by atoms with van der Waals surface area (Å²) in [7, 11) is 0.